The smallest absolute Gasteiger partial charge is 0.409 e. The maximum Gasteiger partial charge on any atom is 0.409 e. The molecular formula is C16H30NO7P. The number of carbonyl (C=O) groups is 2. The Morgan fingerprint density at radius 3 is 2.36 bits per heavy atom. The third-order valence-corrected chi connectivity index (χ3v) is 4.07. The summed E-state index contributed by atoms with van der Waals surface area (Å²) >= 11 is 0. The lowest BCUT2D eigenvalue weighted by Gasteiger charge is -2.32. The van der Waals surface area contributed by atoms with Crippen LogP contribution in [0.2, 0.25) is 0 Å². The molecule has 1 aliphatic rings. The SMILES string of the molecule is CC(C)CC(=O)OCC(C)(C)NC(=O)OCOP1OCC(C)(C)CO1. The number of nitrogens with one attached hydrogen (secondary N) is 1. The van der Waals surface area contributed by atoms with Crippen molar-refractivity contribution >= 4 is 20.7 Å². The average Bonchev–Trinajstić information content (AvgIpc) is 2.46. The van der Waals surface area contributed by atoms with E-state index in [1.807, 2.05) is 27.7 Å². The standard InChI is InChI=1S/C16H30NO7P/c1-12(2)7-13(18)20-10-16(5,6)17-14(19)21-11-24-25-22-8-15(3,4)9-23-25/h12H,7-11H2,1-6H3,(H,17,19). The summed E-state index contributed by atoms with van der Waals surface area (Å²) in [4.78, 5) is 23.4. The minimum atomic E-state index is -1.49. The van der Waals surface area contributed by atoms with Gasteiger partial charge in [0, 0.05) is 11.8 Å². The van der Waals surface area contributed by atoms with Crippen LogP contribution in [0.1, 0.15) is 48.0 Å². The molecule has 25 heavy (non-hydrogen) atoms. The largest absolute Gasteiger partial charge is 0.463 e. The molecule has 1 heterocycles. The van der Waals surface area contributed by atoms with Crippen molar-refractivity contribution in [2.75, 3.05) is 26.6 Å². The van der Waals surface area contributed by atoms with E-state index in [1.165, 1.54) is 0 Å². The zero-order valence-corrected chi connectivity index (χ0v) is 16.8. The van der Waals surface area contributed by atoms with Gasteiger partial charge in [-0.05, 0) is 19.8 Å². The monoisotopic (exact) mass is 379 g/mol. The van der Waals surface area contributed by atoms with Crippen LogP contribution in [-0.2, 0) is 27.8 Å². The molecule has 0 aromatic carbocycles. The highest BCUT2D eigenvalue weighted by Gasteiger charge is 2.30. The van der Waals surface area contributed by atoms with Gasteiger partial charge in [0.05, 0.1) is 18.8 Å². The third-order valence-electron chi connectivity index (χ3n) is 3.08. The number of esters is 1. The van der Waals surface area contributed by atoms with Crippen molar-refractivity contribution in [2.24, 2.45) is 11.3 Å². The van der Waals surface area contributed by atoms with Crippen LogP contribution in [0.4, 0.5) is 4.79 Å². The molecule has 1 fully saturated rings. The molecule has 0 bridgehead atoms. The minimum absolute atomic E-state index is 0.0442. The highest BCUT2D eigenvalue weighted by molar-refractivity contribution is 7.41. The van der Waals surface area contributed by atoms with Crippen molar-refractivity contribution in [3.8, 4) is 0 Å². The number of amides is 1. The molecule has 0 aliphatic carbocycles. The normalized spacial score (nSPS) is 18.0. The van der Waals surface area contributed by atoms with Crippen LogP contribution >= 0.6 is 8.60 Å². The van der Waals surface area contributed by atoms with Gasteiger partial charge in [-0.2, -0.15) is 0 Å². The summed E-state index contributed by atoms with van der Waals surface area (Å²) in [6, 6.07) is 0. The van der Waals surface area contributed by atoms with Gasteiger partial charge in [-0.25, -0.2) is 4.79 Å². The van der Waals surface area contributed by atoms with Crippen molar-refractivity contribution < 1.29 is 32.6 Å². The quantitative estimate of drug-likeness (QED) is 0.393. The molecule has 0 atom stereocenters. The van der Waals surface area contributed by atoms with E-state index in [0.717, 1.165) is 0 Å². The van der Waals surface area contributed by atoms with Crippen molar-refractivity contribution in [3.63, 3.8) is 0 Å². The molecule has 8 nitrogen and oxygen atoms in total. The number of alkyl carbamates (subject to hydrolysis) is 1. The van der Waals surface area contributed by atoms with Crippen LogP contribution in [-0.4, -0.2) is 44.2 Å². The molecule has 1 saturated heterocycles. The summed E-state index contributed by atoms with van der Waals surface area (Å²) in [6.07, 6.45) is -0.327. The molecule has 0 saturated carbocycles. The molecule has 0 aromatic rings. The van der Waals surface area contributed by atoms with Crippen LogP contribution in [0.25, 0.3) is 0 Å². The molecule has 1 aliphatic heterocycles. The summed E-state index contributed by atoms with van der Waals surface area (Å²) in [5.74, 6) is -0.0682. The van der Waals surface area contributed by atoms with Crippen molar-refractivity contribution in [2.45, 2.75) is 53.5 Å². The Labute approximate surface area is 150 Å². The summed E-state index contributed by atoms with van der Waals surface area (Å²) < 4.78 is 26.2. The maximum absolute atomic E-state index is 11.8. The Morgan fingerprint density at radius 1 is 1.20 bits per heavy atom. The first-order valence-electron chi connectivity index (χ1n) is 8.28. The molecule has 1 amide bonds. The molecular weight excluding hydrogens is 349 g/mol. The first-order valence-corrected chi connectivity index (χ1v) is 9.38. The molecule has 1 N–H and O–H groups in total. The van der Waals surface area contributed by atoms with Crippen molar-refractivity contribution in [1.82, 2.24) is 5.32 Å². The molecule has 1 rings (SSSR count). The zero-order valence-electron chi connectivity index (χ0n) is 15.9. The van der Waals surface area contributed by atoms with Gasteiger partial charge in [-0.15, -0.1) is 0 Å². The van der Waals surface area contributed by atoms with Crippen LogP contribution in [0, 0.1) is 11.3 Å². The maximum atomic E-state index is 11.8. The first-order chi connectivity index (χ1) is 11.5. The molecule has 0 radical (unpaired) electrons. The highest BCUT2D eigenvalue weighted by atomic mass is 31.2. The topological polar surface area (TPSA) is 92.3 Å². The number of ether oxygens (including phenoxy) is 2. The second kappa shape index (κ2) is 9.67. The fourth-order valence-corrected chi connectivity index (χ4v) is 3.01. The number of carbonyl (C=O) groups excluding carboxylic acids is 2. The predicted octanol–water partition coefficient (Wildman–Crippen LogP) is 3.35. The summed E-state index contributed by atoms with van der Waals surface area (Å²) in [5, 5.41) is 2.62. The fourth-order valence-electron chi connectivity index (χ4n) is 1.73. The Balaban J connectivity index is 2.21. The van der Waals surface area contributed by atoms with Gasteiger partial charge in [0.1, 0.15) is 6.61 Å². The highest BCUT2D eigenvalue weighted by Crippen LogP contribution is 2.46. The first kappa shape index (κ1) is 22.1. The Kier molecular flexibility index (Phi) is 8.54. The second-order valence-electron chi connectivity index (χ2n) is 7.88. The van der Waals surface area contributed by atoms with Crippen molar-refractivity contribution in [3.05, 3.63) is 0 Å². The molecule has 9 heteroatoms. The van der Waals surface area contributed by atoms with E-state index in [9.17, 15) is 9.59 Å². The van der Waals surface area contributed by atoms with Crippen LogP contribution in [0.15, 0.2) is 0 Å². The van der Waals surface area contributed by atoms with E-state index in [0.29, 0.717) is 19.6 Å². The van der Waals surface area contributed by atoms with Gasteiger partial charge in [0.15, 0.2) is 0 Å². The third kappa shape index (κ3) is 9.94. The van der Waals surface area contributed by atoms with E-state index in [4.69, 9.17) is 23.0 Å². The van der Waals surface area contributed by atoms with Gasteiger partial charge < -0.3 is 23.8 Å². The number of rotatable bonds is 8. The lowest BCUT2D eigenvalue weighted by molar-refractivity contribution is -0.146. The average molecular weight is 379 g/mol. The Bertz CT molecular complexity index is 444. The van der Waals surface area contributed by atoms with Crippen LogP contribution in [0.5, 0.6) is 0 Å². The van der Waals surface area contributed by atoms with Gasteiger partial charge in [-0.3, -0.25) is 9.32 Å². The molecule has 0 aromatic heterocycles. The van der Waals surface area contributed by atoms with E-state index >= 15 is 0 Å². The van der Waals surface area contributed by atoms with Gasteiger partial charge in [0.2, 0.25) is 6.79 Å². The fraction of sp³-hybridized carbons (Fsp3) is 0.875. The number of hydrogen-bond donors (Lipinski definition) is 1. The number of hydrogen-bond acceptors (Lipinski definition) is 7. The van der Waals surface area contributed by atoms with Crippen LogP contribution < -0.4 is 5.32 Å². The zero-order chi connectivity index (χ0) is 19.1. The molecule has 0 spiro atoms. The minimum Gasteiger partial charge on any atom is -0.463 e. The van der Waals surface area contributed by atoms with Gasteiger partial charge in [0.25, 0.3) is 0 Å². The molecule has 0 unspecified atom stereocenters. The van der Waals surface area contributed by atoms with Gasteiger partial charge in [-0.1, -0.05) is 27.7 Å². The van der Waals surface area contributed by atoms with Crippen molar-refractivity contribution in [1.29, 1.82) is 0 Å². The summed E-state index contributed by atoms with van der Waals surface area (Å²) in [5.41, 5.74) is -0.797. The predicted molar refractivity (Wildman–Crippen MR) is 92.7 cm³/mol. The van der Waals surface area contributed by atoms with Crippen LogP contribution in [0.3, 0.4) is 0 Å². The van der Waals surface area contributed by atoms with E-state index in [-0.39, 0.29) is 30.7 Å². The lowest BCUT2D eigenvalue weighted by Crippen LogP contribution is -2.47. The Morgan fingerprint density at radius 2 is 1.80 bits per heavy atom. The second-order valence-corrected chi connectivity index (χ2v) is 9.10. The summed E-state index contributed by atoms with van der Waals surface area (Å²) in [7, 11) is -1.49. The van der Waals surface area contributed by atoms with Gasteiger partial charge >= 0.3 is 20.7 Å². The lowest BCUT2D eigenvalue weighted by atomic mass is 9.97. The summed E-state index contributed by atoms with van der Waals surface area (Å²) in [6.45, 7) is 12.2. The molecule has 146 valence electrons. The van der Waals surface area contributed by atoms with E-state index in [2.05, 4.69) is 5.32 Å². The van der Waals surface area contributed by atoms with E-state index < -0.39 is 20.2 Å². The van der Waals surface area contributed by atoms with E-state index in [1.54, 1.807) is 13.8 Å². The Hall–Kier alpha value is -0.950.